The van der Waals surface area contributed by atoms with Gasteiger partial charge in [-0.2, -0.15) is 0 Å². The lowest BCUT2D eigenvalue weighted by molar-refractivity contribution is -0.122. The van der Waals surface area contributed by atoms with E-state index in [1.165, 1.54) is 0 Å². The van der Waals surface area contributed by atoms with Crippen LogP contribution in [0.15, 0.2) is 29.3 Å². The van der Waals surface area contributed by atoms with E-state index in [-0.39, 0.29) is 47.4 Å². The normalized spacial score (nSPS) is 16.4. The highest BCUT2D eigenvalue weighted by Crippen LogP contribution is 2.38. The molecule has 0 aliphatic carbocycles. The van der Waals surface area contributed by atoms with Crippen molar-refractivity contribution in [2.75, 3.05) is 39.9 Å². The van der Waals surface area contributed by atoms with Gasteiger partial charge >= 0.3 is 0 Å². The fourth-order valence-corrected chi connectivity index (χ4v) is 3.95. The lowest BCUT2D eigenvalue weighted by Gasteiger charge is -2.37. The van der Waals surface area contributed by atoms with Gasteiger partial charge in [-0.3, -0.25) is 9.79 Å². The number of aliphatic imine (C=N–C) groups is 1. The average Bonchev–Trinajstić information content (AvgIpc) is 2.64. The zero-order valence-corrected chi connectivity index (χ0v) is 21.8. The van der Waals surface area contributed by atoms with Gasteiger partial charge < -0.3 is 20.3 Å². The van der Waals surface area contributed by atoms with Crippen molar-refractivity contribution in [3.63, 3.8) is 0 Å². The van der Waals surface area contributed by atoms with E-state index in [2.05, 4.69) is 16.7 Å². The molecule has 1 saturated heterocycles. The number of benzene rings is 1. The van der Waals surface area contributed by atoms with Crippen molar-refractivity contribution in [2.45, 2.75) is 51.5 Å². The third-order valence-electron chi connectivity index (χ3n) is 5.02. The number of carbonyl (C=O) groups excluding carboxylic acids is 1. The summed E-state index contributed by atoms with van der Waals surface area (Å²) >= 11 is 6.55. The number of amides is 1. The summed E-state index contributed by atoms with van der Waals surface area (Å²) in [5.41, 5.74) is 0.702. The topological polar surface area (TPSA) is 66.0 Å². The number of rotatable bonds is 6. The minimum atomic E-state index is -0.260. The first-order valence-corrected chi connectivity index (χ1v) is 10.7. The highest BCUT2D eigenvalue weighted by molar-refractivity contribution is 14.0. The van der Waals surface area contributed by atoms with Gasteiger partial charge in [0.15, 0.2) is 5.96 Å². The largest absolute Gasteiger partial charge is 0.381 e. The van der Waals surface area contributed by atoms with Crippen molar-refractivity contribution in [1.82, 2.24) is 15.5 Å². The molecule has 1 aliphatic rings. The molecule has 0 aromatic heterocycles. The maximum Gasteiger partial charge on any atom is 0.240 e. The van der Waals surface area contributed by atoms with Gasteiger partial charge in [-0.25, -0.2) is 0 Å². The first-order valence-electron chi connectivity index (χ1n) is 10.3. The van der Waals surface area contributed by atoms with E-state index in [0.29, 0.717) is 19.8 Å². The molecule has 1 aromatic rings. The number of likely N-dealkylation sites (N-methyl/N-ethyl adjacent to an activating group) is 1. The second-order valence-corrected chi connectivity index (χ2v) is 9.10. The van der Waals surface area contributed by atoms with Gasteiger partial charge in [0, 0.05) is 42.8 Å². The standard InChI is InChI=1S/C22H35ClN4O2.HI/c1-6-24-20(27(5)15-19(28)26-21(2,3)4)25-16-22(11-13-29-14-12-22)17-9-7-8-10-18(17)23;/h7-10H,6,11-16H2,1-5H3,(H,24,25)(H,26,28);1H. The molecule has 6 nitrogen and oxygen atoms in total. The Bertz CT molecular complexity index is 715. The third-order valence-corrected chi connectivity index (χ3v) is 5.35. The van der Waals surface area contributed by atoms with Gasteiger partial charge in [0.05, 0.1) is 13.1 Å². The van der Waals surface area contributed by atoms with E-state index < -0.39 is 0 Å². The van der Waals surface area contributed by atoms with Crippen LogP contribution in [0.5, 0.6) is 0 Å². The Morgan fingerprint density at radius 2 is 1.90 bits per heavy atom. The molecule has 0 bridgehead atoms. The molecule has 170 valence electrons. The van der Waals surface area contributed by atoms with E-state index in [4.69, 9.17) is 21.3 Å². The molecule has 1 aliphatic heterocycles. The Kier molecular flexibility index (Phi) is 10.9. The summed E-state index contributed by atoms with van der Waals surface area (Å²) in [4.78, 5) is 19.1. The third kappa shape index (κ3) is 7.89. The zero-order valence-electron chi connectivity index (χ0n) is 18.8. The van der Waals surface area contributed by atoms with Crippen molar-refractivity contribution in [3.05, 3.63) is 34.9 Å². The first kappa shape index (κ1) is 27.0. The summed E-state index contributed by atoms with van der Waals surface area (Å²) in [5, 5.41) is 7.07. The minimum absolute atomic E-state index is 0. The van der Waals surface area contributed by atoms with Crippen LogP contribution in [-0.2, 0) is 14.9 Å². The molecule has 2 rings (SSSR count). The molecule has 0 radical (unpaired) electrons. The molecule has 1 fully saturated rings. The Morgan fingerprint density at radius 1 is 1.27 bits per heavy atom. The van der Waals surface area contributed by atoms with Crippen molar-refractivity contribution < 1.29 is 9.53 Å². The van der Waals surface area contributed by atoms with Gasteiger partial charge in [0.1, 0.15) is 0 Å². The van der Waals surface area contributed by atoms with Gasteiger partial charge in [0.2, 0.25) is 5.91 Å². The van der Waals surface area contributed by atoms with Crippen LogP contribution >= 0.6 is 35.6 Å². The molecule has 0 spiro atoms. The molecule has 1 heterocycles. The van der Waals surface area contributed by atoms with E-state index in [1.54, 1.807) is 0 Å². The van der Waals surface area contributed by atoms with Crippen LogP contribution in [0.2, 0.25) is 5.02 Å². The van der Waals surface area contributed by atoms with E-state index >= 15 is 0 Å². The van der Waals surface area contributed by atoms with Crippen LogP contribution < -0.4 is 10.6 Å². The predicted octanol–water partition coefficient (Wildman–Crippen LogP) is 3.82. The molecule has 1 amide bonds. The molecule has 0 unspecified atom stereocenters. The van der Waals surface area contributed by atoms with Crippen LogP contribution in [0.25, 0.3) is 0 Å². The summed E-state index contributed by atoms with van der Waals surface area (Å²) < 4.78 is 5.62. The quantitative estimate of drug-likeness (QED) is 0.321. The molecule has 1 aromatic carbocycles. The summed E-state index contributed by atoms with van der Waals surface area (Å²) in [7, 11) is 1.88. The Balaban J connectivity index is 0.00000450. The average molecular weight is 551 g/mol. The number of ether oxygens (including phenoxy) is 1. The van der Waals surface area contributed by atoms with Crippen molar-refractivity contribution in [1.29, 1.82) is 0 Å². The van der Waals surface area contributed by atoms with Gasteiger partial charge in [-0.1, -0.05) is 29.8 Å². The summed E-state index contributed by atoms with van der Waals surface area (Å²) in [6.45, 7) is 10.9. The van der Waals surface area contributed by atoms with Gasteiger partial charge in [0.25, 0.3) is 0 Å². The molecular formula is C22H36ClIN4O2. The number of carbonyl (C=O) groups is 1. The van der Waals surface area contributed by atoms with Crippen molar-refractivity contribution in [3.8, 4) is 0 Å². The molecule has 2 N–H and O–H groups in total. The van der Waals surface area contributed by atoms with Crippen LogP contribution in [0, 0.1) is 0 Å². The van der Waals surface area contributed by atoms with Crippen LogP contribution in [0.3, 0.4) is 0 Å². The molecule has 8 heteroatoms. The second kappa shape index (κ2) is 12.1. The Hall–Kier alpha value is -1.06. The maximum absolute atomic E-state index is 12.3. The smallest absolute Gasteiger partial charge is 0.240 e. The monoisotopic (exact) mass is 550 g/mol. The minimum Gasteiger partial charge on any atom is -0.381 e. The number of nitrogens with zero attached hydrogens (tertiary/aromatic N) is 2. The fraction of sp³-hybridized carbons (Fsp3) is 0.636. The predicted molar refractivity (Wildman–Crippen MR) is 135 cm³/mol. The van der Waals surface area contributed by atoms with Crippen LogP contribution in [0.1, 0.15) is 46.1 Å². The summed E-state index contributed by atoms with van der Waals surface area (Å²) in [6.07, 6.45) is 1.74. The molecule has 0 saturated carbocycles. The molecule has 30 heavy (non-hydrogen) atoms. The van der Waals surface area contributed by atoms with Crippen LogP contribution in [0.4, 0.5) is 0 Å². The fourth-order valence-electron chi connectivity index (χ4n) is 3.61. The Morgan fingerprint density at radius 3 is 2.47 bits per heavy atom. The summed E-state index contributed by atoms with van der Waals surface area (Å²) in [5.74, 6) is 0.687. The maximum atomic E-state index is 12.3. The number of nitrogens with one attached hydrogen (secondary N) is 2. The highest BCUT2D eigenvalue weighted by atomic mass is 127. The van der Waals surface area contributed by atoms with E-state index in [1.807, 2.05) is 57.8 Å². The number of hydrogen-bond donors (Lipinski definition) is 2. The van der Waals surface area contributed by atoms with Gasteiger partial charge in [-0.05, 0) is 52.2 Å². The first-order chi connectivity index (χ1) is 13.7. The number of halogens is 2. The van der Waals surface area contributed by atoms with E-state index in [9.17, 15) is 4.79 Å². The SMILES string of the molecule is CCNC(=NCC1(c2ccccc2Cl)CCOCC1)N(C)CC(=O)NC(C)(C)C.I. The van der Waals surface area contributed by atoms with E-state index in [0.717, 1.165) is 35.9 Å². The van der Waals surface area contributed by atoms with Crippen molar-refractivity contribution in [2.24, 2.45) is 4.99 Å². The van der Waals surface area contributed by atoms with Crippen molar-refractivity contribution >= 4 is 47.4 Å². The molecule has 0 atom stereocenters. The summed E-state index contributed by atoms with van der Waals surface area (Å²) in [6, 6.07) is 8.01. The number of guanidine groups is 1. The highest BCUT2D eigenvalue weighted by Gasteiger charge is 2.36. The van der Waals surface area contributed by atoms with Gasteiger partial charge in [-0.15, -0.1) is 24.0 Å². The van der Waals surface area contributed by atoms with Crippen LogP contribution in [-0.4, -0.2) is 62.2 Å². The number of hydrogen-bond acceptors (Lipinski definition) is 3. The Labute approximate surface area is 203 Å². The lowest BCUT2D eigenvalue weighted by atomic mass is 9.74. The lowest BCUT2D eigenvalue weighted by Crippen LogP contribution is -2.49. The molecular weight excluding hydrogens is 515 g/mol. The second-order valence-electron chi connectivity index (χ2n) is 8.70. The zero-order chi connectivity index (χ0) is 21.5.